The van der Waals surface area contributed by atoms with E-state index in [1.165, 1.54) is 18.3 Å². The number of hydrogen-bond acceptors (Lipinski definition) is 2. The van der Waals surface area contributed by atoms with Crippen molar-refractivity contribution in [2.45, 2.75) is 13.1 Å². The predicted octanol–water partition coefficient (Wildman–Crippen LogP) is 4.42. The van der Waals surface area contributed by atoms with Crippen LogP contribution in [0.3, 0.4) is 0 Å². The summed E-state index contributed by atoms with van der Waals surface area (Å²) in [4.78, 5) is 15.9. The van der Waals surface area contributed by atoms with Crippen LogP contribution in [0.5, 0.6) is 0 Å². The Morgan fingerprint density at radius 3 is 2.52 bits per heavy atom. The molecule has 0 aliphatic carbocycles. The van der Waals surface area contributed by atoms with Gasteiger partial charge in [-0.15, -0.1) is 0 Å². The molecule has 0 unspecified atom stereocenters. The number of hydrogen-bond donors (Lipinski definition) is 1. The molecule has 2 aromatic rings. The van der Waals surface area contributed by atoms with E-state index in [0.29, 0.717) is 0 Å². The Labute approximate surface area is 127 Å². The Morgan fingerprint density at radius 2 is 1.95 bits per heavy atom. The van der Waals surface area contributed by atoms with Gasteiger partial charge in [-0.3, -0.25) is 9.78 Å². The highest BCUT2D eigenvalue weighted by Gasteiger charge is 2.33. The van der Waals surface area contributed by atoms with Gasteiger partial charge < -0.3 is 5.32 Å². The average molecular weight is 359 g/mol. The molecule has 1 heterocycles. The SMILES string of the molecule is Cc1ccc(C(=O)Nc2ccc(Br)c(C(F)(F)F)c2)cn1. The topological polar surface area (TPSA) is 42.0 Å². The van der Waals surface area contributed by atoms with Crippen molar-refractivity contribution in [2.75, 3.05) is 5.32 Å². The molecule has 1 N–H and O–H groups in total. The molecule has 2 rings (SSSR count). The molecule has 0 aliphatic rings. The summed E-state index contributed by atoms with van der Waals surface area (Å²) in [6, 6.07) is 6.72. The minimum absolute atomic E-state index is 0.0658. The quantitative estimate of drug-likeness (QED) is 0.862. The van der Waals surface area contributed by atoms with Crippen molar-refractivity contribution in [3.05, 3.63) is 57.8 Å². The molecule has 0 atom stereocenters. The summed E-state index contributed by atoms with van der Waals surface area (Å²) in [6.07, 6.45) is -3.13. The van der Waals surface area contributed by atoms with E-state index >= 15 is 0 Å². The molecule has 0 bridgehead atoms. The van der Waals surface area contributed by atoms with Gasteiger partial charge >= 0.3 is 6.18 Å². The van der Waals surface area contributed by atoms with Crippen LogP contribution in [-0.4, -0.2) is 10.9 Å². The minimum Gasteiger partial charge on any atom is -0.322 e. The van der Waals surface area contributed by atoms with Crippen LogP contribution in [0.15, 0.2) is 41.0 Å². The largest absolute Gasteiger partial charge is 0.417 e. The molecule has 7 heteroatoms. The monoisotopic (exact) mass is 358 g/mol. The molecule has 0 aliphatic heterocycles. The lowest BCUT2D eigenvalue weighted by molar-refractivity contribution is -0.138. The van der Waals surface area contributed by atoms with Crippen LogP contribution < -0.4 is 5.32 Å². The summed E-state index contributed by atoms with van der Waals surface area (Å²) >= 11 is 2.84. The van der Waals surface area contributed by atoms with Crippen LogP contribution in [0, 0.1) is 6.92 Å². The van der Waals surface area contributed by atoms with Crippen LogP contribution in [0.4, 0.5) is 18.9 Å². The maximum Gasteiger partial charge on any atom is 0.417 e. The normalized spacial score (nSPS) is 11.3. The second-order valence-electron chi connectivity index (χ2n) is 4.33. The van der Waals surface area contributed by atoms with Crippen LogP contribution in [0.2, 0.25) is 0 Å². The Balaban J connectivity index is 2.24. The van der Waals surface area contributed by atoms with Gasteiger partial charge in [-0.25, -0.2) is 0 Å². The molecule has 110 valence electrons. The van der Waals surface area contributed by atoms with E-state index < -0.39 is 17.6 Å². The Hall–Kier alpha value is -1.89. The lowest BCUT2D eigenvalue weighted by Crippen LogP contribution is -2.13. The first-order valence-electron chi connectivity index (χ1n) is 5.88. The average Bonchev–Trinajstić information content (AvgIpc) is 2.40. The molecular formula is C14H10BrF3N2O. The van der Waals surface area contributed by atoms with E-state index in [2.05, 4.69) is 26.2 Å². The van der Waals surface area contributed by atoms with Gasteiger partial charge in [0.05, 0.1) is 11.1 Å². The zero-order valence-electron chi connectivity index (χ0n) is 10.8. The van der Waals surface area contributed by atoms with Gasteiger partial charge in [-0.1, -0.05) is 15.9 Å². The first-order chi connectivity index (χ1) is 9.77. The fraction of sp³-hybridized carbons (Fsp3) is 0.143. The molecule has 1 aromatic heterocycles. The van der Waals surface area contributed by atoms with Crippen molar-refractivity contribution < 1.29 is 18.0 Å². The van der Waals surface area contributed by atoms with Gasteiger partial charge in [0.2, 0.25) is 0 Å². The molecule has 3 nitrogen and oxygen atoms in total. The summed E-state index contributed by atoms with van der Waals surface area (Å²) in [5.41, 5.74) is 0.241. The van der Waals surface area contributed by atoms with Gasteiger partial charge in [-0.2, -0.15) is 13.2 Å². The summed E-state index contributed by atoms with van der Waals surface area (Å²) < 4.78 is 38.3. The Bertz CT molecular complexity index is 669. The fourth-order valence-corrected chi connectivity index (χ4v) is 2.10. The number of aromatic nitrogens is 1. The van der Waals surface area contributed by atoms with E-state index in [-0.39, 0.29) is 15.7 Å². The number of carbonyl (C=O) groups excluding carboxylic acids is 1. The molecule has 0 spiro atoms. The van der Waals surface area contributed by atoms with Crippen molar-refractivity contribution in [1.82, 2.24) is 4.98 Å². The Morgan fingerprint density at radius 1 is 1.24 bits per heavy atom. The van der Waals surface area contributed by atoms with Gasteiger partial charge in [0.1, 0.15) is 0 Å². The third-order valence-corrected chi connectivity index (χ3v) is 3.39. The predicted molar refractivity (Wildman–Crippen MR) is 76.1 cm³/mol. The van der Waals surface area contributed by atoms with Crippen LogP contribution in [0.1, 0.15) is 21.6 Å². The second-order valence-corrected chi connectivity index (χ2v) is 5.19. The highest BCUT2D eigenvalue weighted by atomic mass is 79.9. The first-order valence-corrected chi connectivity index (χ1v) is 6.67. The zero-order valence-corrected chi connectivity index (χ0v) is 12.4. The van der Waals surface area contributed by atoms with Crippen molar-refractivity contribution in [1.29, 1.82) is 0 Å². The molecule has 0 saturated carbocycles. The fourth-order valence-electron chi connectivity index (χ4n) is 1.63. The summed E-state index contributed by atoms with van der Waals surface area (Å²) in [6.45, 7) is 1.77. The summed E-state index contributed by atoms with van der Waals surface area (Å²) in [5, 5.41) is 2.42. The number of aryl methyl sites for hydroxylation is 1. The zero-order chi connectivity index (χ0) is 15.6. The third kappa shape index (κ3) is 3.81. The first kappa shape index (κ1) is 15.5. The number of pyridine rings is 1. The van der Waals surface area contributed by atoms with Gasteiger partial charge in [0, 0.05) is 22.1 Å². The third-order valence-electron chi connectivity index (χ3n) is 2.70. The van der Waals surface area contributed by atoms with Crippen molar-refractivity contribution in [3.63, 3.8) is 0 Å². The van der Waals surface area contributed by atoms with Crippen LogP contribution >= 0.6 is 15.9 Å². The van der Waals surface area contributed by atoms with E-state index in [1.54, 1.807) is 19.1 Å². The molecule has 1 amide bonds. The summed E-state index contributed by atoms with van der Waals surface area (Å²) in [5.74, 6) is -0.516. The van der Waals surface area contributed by atoms with Crippen LogP contribution in [0.25, 0.3) is 0 Å². The van der Waals surface area contributed by atoms with E-state index in [4.69, 9.17) is 0 Å². The van der Waals surface area contributed by atoms with Crippen molar-refractivity contribution >= 4 is 27.5 Å². The maximum absolute atomic E-state index is 12.8. The molecule has 21 heavy (non-hydrogen) atoms. The van der Waals surface area contributed by atoms with Crippen molar-refractivity contribution in [3.8, 4) is 0 Å². The number of anilines is 1. The molecule has 0 radical (unpaired) electrons. The number of amides is 1. The maximum atomic E-state index is 12.8. The molecule has 0 fully saturated rings. The lowest BCUT2D eigenvalue weighted by Gasteiger charge is -2.12. The number of alkyl halides is 3. The van der Waals surface area contributed by atoms with Crippen molar-refractivity contribution in [2.24, 2.45) is 0 Å². The highest BCUT2D eigenvalue weighted by Crippen LogP contribution is 2.36. The number of nitrogens with one attached hydrogen (secondary N) is 1. The number of carbonyl (C=O) groups is 1. The highest BCUT2D eigenvalue weighted by molar-refractivity contribution is 9.10. The van der Waals surface area contributed by atoms with Gasteiger partial charge in [-0.05, 0) is 37.3 Å². The standard InChI is InChI=1S/C14H10BrF3N2O/c1-8-2-3-9(7-19-8)13(21)20-10-4-5-12(15)11(6-10)14(16,17)18/h2-7H,1H3,(H,20,21). The molecule has 0 saturated heterocycles. The molecular weight excluding hydrogens is 349 g/mol. The van der Waals surface area contributed by atoms with E-state index in [9.17, 15) is 18.0 Å². The molecule has 1 aromatic carbocycles. The summed E-state index contributed by atoms with van der Waals surface area (Å²) in [7, 11) is 0. The van der Waals surface area contributed by atoms with Crippen LogP contribution in [-0.2, 0) is 6.18 Å². The smallest absolute Gasteiger partial charge is 0.322 e. The second kappa shape index (κ2) is 5.85. The van der Waals surface area contributed by atoms with E-state index in [1.807, 2.05) is 0 Å². The number of halogens is 4. The minimum atomic E-state index is -4.50. The number of benzene rings is 1. The Kier molecular flexibility index (Phi) is 4.32. The number of rotatable bonds is 2. The van der Waals surface area contributed by atoms with E-state index in [0.717, 1.165) is 11.8 Å². The van der Waals surface area contributed by atoms with Gasteiger partial charge in [0.15, 0.2) is 0 Å². The lowest BCUT2D eigenvalue weighted by atomic mass is 10.2. The number of nitrogens with zero attached hydrogens (tertiary/aromatic N) is 1. The van der Waals surface area contributed by atoms with Gasteiger partial charge in [0.25, 0.3) is 5.91 Å².